The largest absolute Gasteiger partial charge is 0.309 e. The SMILES string of the molecule is c1ccc(-c2ccc(N(c3ccccc3-c3ccccc3)c3cccc4c3c3ccccc3n4-c3ccccc3-c3cccc4ccccc34)c(-c3ccccc3)c2)cc1. The Kier molecular flexibility index (Phi) is 8.87. The van der Waals surface area contributed by atoms with Gasteiger partial charge in [-0.15, -0.1) is 0 Å². The molecule has 282 valence electrons. The smallest absolute Gasteiger partial charge is 0.0562 e. The zero-order valence-electron chi connectivity index (χ0n) is 33.0. The minimum absolute atomic E-state index is 1.10. The molecule has 0 spiro atoms. The van der Waals surface area contributed by atoms with Gasteiger partial charge in [-0.1, -0.05) is 200 Å². The Bertz CT molecular complexity index is 3300. The second kappa shape index (κ2) is 15.1. The number of rotatable bonds is 8. The van der Waals surface area contributed by atoms with E-state index in [2.05, 4.69) is 252 Å². The topological polar surface area (TPSA) is 8.17 Å². The highest BCUT2D eigenvalue weighted by atomic mass is 15.2. The van der Waals surface area contributed by atoms with E-state index in [1.54, 1.807) is 0 Å². The third kappa shape index (κ3) is 6.06. The van der Waals surface area contributed by atoms with Crippen molar-refractivity contribution < 1.29 is 0 Å². The molecule has 10 aromatic carbocycles. The molecule has 2 heteroatoms. The molecule has 0 fully saturated rings. The molecule has 0 aliphatic carbocycles. The lowest BCUT2D eigenvalue weighted by Gasteiger charge is -2.31. The van der Waals surface area contributed by atoms with Gasteiger partial charge in [-0.3, -0.25) is 0 Å². The molecular weight excluding hydrogens is 725 g/mol. The highest BCUT2D eigenvalue weighted by molar-refractivity contribution is 6.18. The molecule has 2 nitrogen and oxygen atoms in total. The molecule has 0 amide bonds. The molecule has 0 radical (unpaired) electrons. The normalized spacial score (nSPS) is 11.3. The first kappa shape index (κ1) is 35.2. The predicted molar refractivity (Wildman–Crippen MR) is 255 cm³/mol. The van der Waals surface area contributed by atoms with E-state index in [4.69, 9.17) is 0 Å². The van der Waals surface area contributed by atoms with Crippen LogP contribution >= 0.6 is 0 Å². The summed E-state index contributed by atoms with van der Waals surface area (Å²) in [5, 5.41) is 4.86. The molecule has 0 N–H and O–H groups in total. The van der Waals surface area contributed by atoms with E-state index in [1.165, 1.54) is 49.4 Å². The Labute approximate surface area is 350 Å². The van der Waals surface area contributed by atoms with Crippen LogP contribution in [0.15, 0.2) is 243 Å². The quantitative estimate of drug-likeness (QED) is 0.150. The lowest BCUT2D eigenvalue weighted by Crippen LogP contribution is -2.13. The molecule has 1 aromatic heterocycles. The molecular formula is C58H40N2. The van der Waals surface area contributed by atoms with Crippen LogP contribution in [0.5, 0.6) is 0 Å². The summed E-state index contributed by atoms with van der Waals surface area (Å²) in [5.74, 6) is 0. The van der Waals surface area contributed by atoms with Crippen molar-refractivity contribution >= 4 is 49.6 Å². The molecule has 0 bridgehead atoms. The van der Waals surface area contributed by atoms with Crippen LogP contribution in [0.4, 0.5) is 17.1 Å². The molecule has 0 aliphatic rings. The van der Waals surface area contributed by atoms with E-state index >= 15 is 0 Å². The third-order valence-corrected chi connectivity index (χ3v) is 11.8. The van der Waals surface area contributed by atoms with Gasteiger partial charge in [0.25, 0.3) is 0 Å². The Hall–Kier alpha value is -7.94. The van der Waals surface area contributed by atoms with Crippen LogP contribution in [0.2, 0.25) is 0 Å². The molecule has 0 saturated heterocycles. The summed E-state index contributed by atoms with van der Waals surface area (Å²) in [4.78, 5) is 2.51. The molecule has 0 saturated carbocycles. The monoisotopic (exact) mass is 764 g/mol. The number of anilines is 3. The summed E-state index contributed by atoms with van der Waals surface area (Å²) in [6.45, 7) is 0. The van der Waals surface area contributed by atoms with Crippen molar-refractivity contribution in [2.45, 2.75) is 0 Å². The van der Waals surface area contributed by atoms with Gasteiger partial charge in [0.2, 0.25) is 0 Å². The Morgan fingerprint density at radius 1 is 0.283 bits per heavy atom. The summed E-state index contributed by atoms with van der Waals surface area (Å²) in [5.41, 5.74) is 16.2. The van der Waals surface area contributed by atoms with E-state index in [9.17, 15) is 0 Å². The molecule has 0 aliphatic heterocycles. The lowest BCUT2D eigenvalue weighted by molar-refractivity contribution is 1.18. The number of hydrogen-bond acceptors (Lipinski definition) is 1. The van der Waals surface area contributed by atoms with Crippen molar-refractivity contribution in [1.82, 2.24) is 4.57 Å². The Morgan fingerprint density at radius 2 is 0.800 bits per heavy atom. The zero-order valence-corrected chi connectivity index (χ0v) is 33.0. The van der Waals surface area contributed by atoms with E-state index < -0.39 is 0 Å². The summed E-state index contributed by atoms with van der Waals surface area (Å²) in [7, 11) is 0. The third-order valence-electron chi connectivity index (χ3n) is 11.8. The van der Waals surface area contributed by atoms with Crippen LogP contribution in [0.3, 0.4) is 0 Å². The van der Waals surface area contributed by atoms with Gasteiger partial charge in [0.15, 0.2) is 0 Å². The maximum Gasteiger partial charge on any atom is 0.0562 e. The molecule has 11 aromatic rings. The van der Waals surface area contributed by atoms with Gasteiger partial charge in [0.05, 0.1) is 33.8 Å². The van der Waals surface area contributed by atoms with E-state index in [1.807, 2.05) is 0 Å². The van der Waals surface area contributed by atoms with Crippen molar-refractivity contribution in [3.8, 4) is 50.2 Å². The zero-order chi connectivity index (χ0) is 39.8. The minimum Gasteiger partial charge on any atom is -0.309 e. The number of nitrogens with zero attached hydrogens (tertiary/aromatic N) is 2. The second-order valence-corrected chi connectivity index (χ2v) is 15.3. The van der Waals surface area contributed by atoms with Gasteiger partial charge in [-0.2, -0.15) is 0 Å². The number of hydrogen-bond donors (Lipinski definition) is 0. The summed E-state index contributed by atoms with van der Waals surface area (Å²) < 4.78 is 2.48. The van der Waals surface area contributed by atoms with E-state index in [-0.39, 0.29) is 0 Å². The van der Waals surface area contributed by atoms with Crippen LogP contribution in [0.1, 0.15) is 0 Å². The molecule has 11 rings (SSSR count). The standard InChI is InChI=1S/C58H40N2/c1-4-20-41(21-5-1)45-38-39-55(51(40-45)44-24-8-3-9-25-44)59(52-33-15-12-29-47(52)43-22-6-2-7-23-43)56-36-19-37-57-58(56)50-31-14-17-35-54(50)60(57)53-34-16-13-30-49(53)48-32-18-27-42-26-10-11-28-46(42)48/h1-40H. The fourth-order valence-corrected chi connectivity index (χ4v) is 9.11. The van der Waals surface area contributed by atoms with Crippen LogP contribution < -0.4 is 4.90 Å². The molecule has 60 heavy (non-hydrogen) atoms. The summed E-state index contributed by atoms with van der Waals surface area (Å²) in [6, 6.07) is 88.0. The van der Waals surface area contributed by atoms with Crippen molar-refractivity contribution in [2.75, 3.05) is 4.90 Å². The van der Waals surface area contributed by atoms with Crippen molar-refractivity contribution in [2.24, 2.45) is 0 Å². The Morgan fingerprint density at radius 3 is 1.58 bits per heavy atom. The number of para-hydroxylation sites is 3. The summed E-state index contributed by atoms with van der Waals surface area (Å²) >= 11 is 0. The summed E-state index contributed by atoms with van der Waals surface area (Å²) in [6.07, 6.45) is 0. The first-order chi connectivity index (χ1) is 29.8. The number of aromatic nitrogens is 1. The minimum atomic E-state index is 1.10. The molecule has 0 unspecified atom stereocenters. The van der Waals surface area contributed by atoms with Crippen molar-refractivity contribution in [1.29, 1.82) is 0 Å². The van der Waals surface area contributed by atoms with Gasteiger partial charge in [-0.05, 0) is 81.1 Å². The maximum atomic E-state index is 2.51. The number of benzene rings is 10. The van der Waals surface area contributed by atoms with Gasteiger partial charge < -0.3 is 9.47 Å². The fourth-order valence-electron chi connectivity index (χ4n) is 9.11. The molecule has 0 atom stereocenters. The Balaban J connectivity index is 1.23. The van der Waals surface area contributed by atoms with Crippen LogP contribution in [-0.2, 0) is 0 Å². The van der Waals surface area contributed by atoms with E-state index in [0.29, 0.717) is 0 Å². The predicted octanol–water partition coefficient (Wildman–Crippen LogP) is 16.1. The van der Waals surface area contributed by atoms with Gasteiger partial charge in [0.1, 0.15) is 0 Å². The second-order valence-electron chi connectivity index (χ2n) is 15.3. The van der Waals surface area contributed by atoms with Crippen LogP contribution in [-0.4, -0.2) is 4.57 Å². The fraction of sp³-hybridized carbons (Fsp3) is 0. The van der Waals surface area contributed by atoms with Gasteiger partial charge in [-0.25, -0.2) is 0 Å². The highest BCUT2D eigenvalue weighted by Gasteiger charge is 2.26. The van der Waals surface area contributed by atoms with Crippen LogP contribution in [0, 0.1) is 0 Å². The lowest BCUT2D eigenvalue weighted by atomic mass is 9.95. The van der Waals surface area contributed by atoms with Crippen molar-refractivity contribution in [3.05, 3.63) is 243 Å². The van der Waals surface area contributed by atoms with Gasteiger partial charge >= 0.3 is 0 Å². The van der Waals surface area contributed by atoms with Gasteiger partial charge in [0, 0.05) is 27.5 Å². The first-order valence-electron chi connectivity index (χ1n) is 20.6. The average Bonchev–Trinajstić information content (AvgIpc) is 3.67. The highest BCUT2D eigenvalue weighted by Crippen LogP contribution is 2.50. The van der Waals surface area contributed by atoms with Crippen LogP contribution in [0.25, 0.3) is 82.8 Å². The molecule has 1 heterocycles. The number of fused-ring (bicyclic) bond motifs is 4. The van der Waals surface area contributed by atoms with Crippen molar-refractivity contribution in [3.63, 3.8) is 0 Å². The first-order valence-corrected chi connectivity index (χ1v) is 20.6. The average molecular weight is 765 g/mol. The maximum absolute atomic E-state index is 2.51. The van der Waals surface area contributed by atoms with E-state index in [0.717, 1.165) is 50.5 Å².